The second-order valence-electron chi connectivity index (χ2n) is 11.5. The Labute approximate surface area is 294 Å². The van der Waals surface area contributed by atoms with Gasteiger partial charge in [-0.1, -0.05) is 40.9 Å². The van der Waals surface area contributed by atoms with Crippen LogP contribution >= 0.6 is 23.2 Å². The molecule has 1 aromatic carbocycles. The summed E-state index contributed by atoms with van der Waals surface area (Å²) in [4.78, 5) is 34.4. The van der Waals surface area contributed by atoms with Crippen LogP contribution in [0, 0.1) is 6.92 Å². The van der Waals surface area contributed by atoms with Crippen molar-refractivity contribution in [2.75, 3.05) is 17.7 Å². The van der Waals surface area contributed by atoms with E-state index in [1.54, 1.807) is 42.7 Å². The Kier molecular flexibility index (Phi) is 11.8. The van der Waals surface area contributed by atoms with Gasteiger partial charge in [0.25, 0.3) is 10.0 Å². The number of benzene rings is 1. The lowest BCUT2D eigenvalue weighted by Crippen LogP contribution is -2.18. The number of esters is 1. The maximum absolute atomic E-state index is 13.2. The summed E-state index contributed by atoms with van der Waals surface area (Å²) in [5.74, 6) is -1.07. The van der Waals surface area contributed by atoms with Crippen molar-refractivity contribution in [3.63, 3.8) is 0 Å². The second kappa shape index (κ2) is 15.6. The fraction of sp³-hybridized carbons (Fsp3) is 0.235. The van der Waals surface area contributed by atoms with Crippen LogP contribution in [0.1, 0.15) is 54.2 Å². The van der Waals surface area contributed by atoms with Crippen molar-refractivity contribution in [3.8, 4) is 22.4 Å². The van der Waals surface area contributed by atoms with Crippen molar-refractivity contribution < 1.29 is 27.9 Å². The summed E-state index contributed by atoms with van der Waals surface area (Å²) in [5, 5.41) is 16.2. The van der Waals surface area contributed by atoms with Gasteiger partial charge in [-0.05, 0) is 71.0 Å². The number of ether oxygens (including phenoxy) is 1. The first-order valence-corrected chi connectivity index (χ1v) is 17.2. The molecule has 4 aromatic heterocycles. The van der Waals surface area contributed by atoms with Gasteiger partial charge in [0.05, 0.1) is 33.4 Å². The lowest BCUT2D eigenvalue weighted by atomic mass is 10.1. The molecule has 49 heavy (non-hydrogen) atoms. The summed E-state index contributed by atoms with van der Waals surface area (Å²) in [5.41, 5.74) is 3.95. The summed E-state index contributed by atoms with van der Waals surface area (Å²) >= 11 is 12.3. The van der Waals surface area contributed by atoms with E-state index in [4.69, 9.17) is 33.0 Å². The van der Waals surface area contributed by atoms with Crippen molar-refractivity contribution in [1.29, 1.82) is 0 Å². The molecule has 4 heterocycles. The summed E-state index contributed by atoms with van der Waals surface area (Å²) < 4.78 is 32.1. The molecular weight excluding hydrogens is 691 g/mol. The van der Waals surface area contributed by atoms with Gasteiger partial charge in [0.1, 0.15) is 17.2 Å². The minimum Gasteiger partial charge on any atom is -0.477 e. The Morgan fingerprint density at radius 2 is 1.57 bits per heavy atom. The average molecular weight is 728 g/mol. The third-order valence-corrected chi connectivity index (χ3v) is 9.16. The third-order valence-electron chi connectivity index (χ3n) is 6.87. The number of aromatic carboxylic acids is 1. The van der Waals surface area contributed by atoms with Crippen molar-refractivity contribution >= 4 is 56.7 Å². The highest BCUT2D eigenvalue weighted by molar-refractivity contribution is 7.90. The molecule has 0 amide bonds. The number of aromatic amines is 1. The highest BCUT2D eigenvalue weighted by Gasteiger charge is 2.26. The number of carbonyl (C=O) groups is 2. The molecule has 0 unspecified atom stereocenters. The first kappa shape index (κ1) is 37.0. The summed E-state index contributed by atoms with van der Waals surface area (Å²) in [6.07, 6.45) is 6.00. The predicted molar refractivity (Wildman–Crippen MR) is 191 cm³/mol. The van der Waals surface area contributed by atoms with Crippen LogP contribution in [-0.4, -0.2) is 63.6 Å². The van der Waals surface area contributed by atoms with Crippen molar-refractivity contribution in [1.82, 2.24) is 18.9 Å². The van der Waals surface area contributed by atoms with Gasteiger partial charge in [-0.25, -0.2) is 27.0 Å². The molecule has 5 rings (SSSR count). The highest BCUT2D eigenvalue weighted by atomic mass is 35.5. The maximum Gasteiger partial charge on any atom is 0.355 e. The number of carboxylic acids is 1. The number of methoxy groups -OCH3 is 1. The van der Waals surface area contributed by atoms with Crippen molar-refractivity contribution in [3.05, 3.63) is 100 Å². The van der Waals surface area contributed by atoms with Gasteiger partial charge in [0.15, 0.2) is 0 Å². The van der Waals surface area contributed by atoms with E-state index in [0.29, 0.717) is 32.8 Å². The maximum atomic E-state index is 13.2. The highest BCUT2D eigenvalue weighted by Crippen LogP contribution is 2.31. The number of aromatic nitrogens is 4. The molecule has 5 aromatic rings. The molecular formula is C34H36Cl2N6O6S. The first-order chi connectivity index (χ1) is 23.1. The van der Waals surface area contributed by atoms with E-state index in [-0.39, 0.29) is 28.4 Å². The van der Waals surface area contributed by atoms with Crippen LogP contribution in [0.3, 0.4) is 0 Å². The second-order valence-corrected chi connectivity index (χ2v) is 14.2. The third kappa shape index (κ3) is 8.99. The molecule has 0 saturated heterocycles. The lowest BCUT2D eigenvalue weighted by Gasteiger charge is -2.12. The summed E-state index contributed by atoms with van der Waals surface area (Å²) in [6.45, 7) is 9.81. The molecule has 0 aliphatic heterocycles. The molecule has 0 atom stereocenters. The number of carboxylic acid groups (broad SMARTS) is 1. The molecule has 4 N–H and O–H groups in total. The zero-order chi connectivity index (χ0) is 36.0. The monoisotopic (exact) mass is 726 g/mol. The standard InChI is InChI=1S/C21H22ClN3O4S.C13H14ClN3O2/c1-13(2)24-19-10-18(23-11-17(19)22)15-9-20(21(26)29-4)25(12-15)30(27,28)16-7-5-14(3)6-8-16;1-7(2)17-12-4-9(10(14)6-16-12)8-3-11(13(18)19)15-5-8/h5-13H,1-4H3,(H,23,24);3-7,15H,1-2H3,(H,16,17)(H,18,19). The largest absolute Gasteiger partial charge is 0.477 e. The van der Waals surface area contributed by atoms with Gasteiger partial charge < -0.3 is 25.5 Å². The zero-order valence-electron chi connectivity index (χ0n) is 27.6. The number of hydrogen-bond donors (Lipinski definition) is 4. The Balaban J connectivity index is 0.000000244. The lowest BCUT2D eigenvalue weighted by molar-refractivity contribution is 0.0592. The summed E-state index contributed by atoms with van der Waals surface area (Å²) in [7, 11) is -2.82. The zero-order valence-corrected chi connectivity index (χ0v) is 29.9. The van der Waals surface area contributed by atoms with Gasteiger partial charge in [-0.2, -0.15) is 0 Å². The molecule has 0 spiro atoms. The Hall–Kier alpha value is -4.85. The Morgan fingerprint density at radius 3 is 2.16 bits per heavy atom. The number of anilines is 2. The van der Waals surface area contributed by atoms with E-state index in [0.717, 1.165) is 20.7 Å². The molecule has 0 radical (unpaired) electrons. The van der Waals surface area contributed by atoms with E-state index in [1.807, 2.05) is 34.6 Å². The first-order valence-electron chi connectivity index (χ1n) is 15.0. The fourth-order valence-electron chi connectivity index (χ4n) is 4.59. The predicted octanol–water partition coefficient (Wildman–Crippen LogP) is 7.60. The minimum absolute atomic E-state index is 0.0617. The van der Waals surface area contributed by atoms with E-state index in [9.17, 15) is 18.0 Å². The molecule has 258 valence electrons. The molecule has 0 fully saturated rings. The number of carbonyl (C=O) groups excluding carboxylic acids is 1. The van der Waals surface area contributed by atoms with Gasteiger partial charge in [-0.3, -0.25) is 4.98 Å². The van der Waals surface area contributed by atoms with E-state index in [1.165, 1.54) is 37.7 Å². The van der Waals surface area contributed by atoms with Crippen LogP contribution in [0.5, 0.6) is 0 Å². The molecule has 0 saturated carbocycles. The van der Waals surface area contributed by atoms with Crippen LogP contribution in [0.2, 0.25) is 10.0 Å². The summed E-state index contributed by atoms with van der Waals surface area (Å²) in [6, 6.07) is 13.3. The quantitative estimate of drug-likeness (QED) is 0.105. The van der Waals surface area contributed by atoms with Crippen LogP contribution in [0.15, 0.2) is 78.2 Å². The number of H-pyrrole nitrogens is 1. The van der Waals surface area contributed by atoms with Gasteiger partial charge in [0, 0.05) is 53.6 Å². The van der Waals surface area contributed by atoms with Gasteiger partial charge in [0.2, 0.25) is 0 Å². The number of rotatable bonds is 10. The smallest absolute Gasteiger partial charge is 0.355 e. The number of aryl methyl sites for hydroxylation is 1. The molecule has 12 nitrogen and oxygen atoms in total. The normalized spacial score (nSPS) is 11.2. The Bertz CT molecular complexity index is 2070. The van der Waals surface area contributed by atoms with Crippen LogP contribution in [0.25, 0.3) is 22.4 Å². The SMILES string of the molecule is CC(C)Nc1cc(-c2c[nH]c(C(=O)O)c2)c(Cl)cn1.COC(=O)c1cc(-c2cc(NC(C)C)c(Cl)cn2)cn1S(=O)(=O)c1ccc(C)cc1. The number of nitrogens with zero attached hydrogens (tertiary/aromatic N) is 3. The minimum atomic E-state index is -4.02. The van der Waals surface area contributed by atoms with E-state index in [2.05, 4.69) is 25.6 Å². The number of halogens is 2. The van der Waals surface area contributed by atoms with Gasteiger partial charge >= 0.3 is 11.9 Å². The Morgan fingerprint density at radius 1 is 0.918 bits per heavy atom. The molecule has 0 aliphatic rings. The molecule has 0 aliphatic carbocycles. The fourth-order valence-corrected chi connectivity index (χ4v) is 6.30. The number of nitrogens with one attached hydrogen (secondary N) is 3. The van der Waals surface area contributed by atoms with Crippen LogP contribution in [0.4, 0.5) is 11.5 Å². The topological polar surface area (TPSA) is 168 Å². The van der Waals surface area contributed by atoms with E-state index >= 15 is 0 Å². The van der Waals surface area contributed by atoms with Crippen molar-refractivity contribution in [2.24, 2.45) is 0 Å². The molecule has 0 bridgehead atoms. The van der Waals surface area contributed by atoms with Crippen LogP contribution < -0.4 is 10.6 Å². The number of pyridine rings is 2. The number of hydrogen-bond acceptors (Lipinski definition) is 9. The van der Waals surface area contributed by atoms with Crippen molar-refractivity contribution in [2.45, 2.75) is 51.6 Å². The van der Waals surface area contributed by atoms with Crippen LogP contribution in [-0.2, 0) is 14.8 Å². The van der Waals surface area contributed by atoms with E-state index < -0.39 is 22.0 Å². The van der Waals surface area contributed by atoms with Gasteiger partial charge in [-0.15, -0.1) is 0 Å². The average Bonchev–Trinajstić information content (AvgIpc) is 3.72. The molecule has 15 heteroatoms.